The fourth-order valence-corrected chi connectivity index (χ4v) is 1.79. The van der Waals surface area contributed by atoms with Gasteiger partial charge in [-0.15, -0.1) is 0 Å². The Morgan fingerprint density at radius 3 is 2.88 bits per heavy atom. The highest BCUT2D eigenvalue weighted by Crippen LogP contribution is 2.11. The second-order valence-corrected chi connectivity index (χ2v) is 5.20. The summed E-state index contributed by atoms with van der Waals surface area (Å²) in [6.45, 7) is 4.53. The molecule has 0 aromatic carbocycles. The molecule has 2 N–H and O–H groups in total. The van der Waals surface area contributed by atoms with E-state index in [1.54, 1.807) is 13.2 Å². The van der Waals surface area contributed by atoms with Crippen molar-refractivity contribution in [3.8, 4) is 0 Å². The molecule has 1 rings (SSSR count). The van der Waals surface area contributed by atoms with Crippen molar-refractivity contribution in [1.29, 1.82) is 0 Å². The number of aryl methyl sites for hydroxylation is 1. The van der Waals surface area contributed by atoms with Gasteiger partial charge in [0.25, 0.3) is 0 Å². The maximum absolute atomic E-state index is 11.2. The van der Waals surface area contributed by atoms with Crippen molar-refractivity contribution in [2.24, 2.45) is 0 Å². The largest absolute Gasteiger partial charge is 0.369 e. The van der Waals surface area contributed by atoms with Crippen molar-refractivity contribution in [3.05, 3.63) is 11.8 Å². The van der Waals surface area contributed by atoms with E-state index in [0.717, 1.165) is 11.4 Å². The van der Waals surface area contributed by atoms with Gasteiger partial charge in [-0.05, 0) is 6.92 Å². The Morgan fingerprint density at radius 2 is 2.25 bits per heavy atom. The molecule has 90 valence electrons. The van der Waals surface area contributed by atoms with Crippen LogP contribution in [0.15, 0.2) is 6.20 Å². The fraction of sp³-hybridized carbons (Fsp3) is 0.600. The van der Waals surface area contributed by atoms with E-state index < -0.39 is 10.8 Å². The summed E-state index contributed by atoms with van der Waals surface area (Å²) in [4.78, 5) is 8.38. The van der Waals surface area contributed by atoms with Gasteiger partial charge in [0, 0.05) is 47.7 Å². The van der Waals surface area contributed by atoms with Crippen LogP contribution < -0.4 is 10.6 Å². The SMILES string of the molecule is CCS(=O)CCNc1nc(NC)ncc1C. The molecule has 0 spiro atoms. The first kappa shape index (κ1) is 12.9. The Balaban J connectivity index is 2.55. The highest BCUT2D eigenvalue weighted by Gasteiger charge is 2.02. The molecule has 0 saturated heterocycles. The fourth-order valence-electron chi connectivity index (χ4n) is 1.17. The topological polar surface area (TPSA) is 66.9 Å². The Labute approximate surface area is 98.5 Å². The van der Waals surface area contributed by atoms with Crippen LogP contribution in [0, 0.1) is 6.92 Å². The van der Waals surface area contributed by atoms with Gasteiger partial charge in [-0.3, -0.25) is 4.21 Å². The maximum Gasteiger partial charge on any atom is 0.224 e. The number of hydrogen-bond donors (Lipinski definition) is 2. The highest BCUT2D eigenvalue weighted by molar-refractivity contribution is 7.84. The van der Waals surface area contributed by atoms with E-state index >= 15 is 0 Å². The predicted octanol–water partition coefficient (Wildman–Crippen LogP) is 1.01. The summed E-state index contributed by atoms with van der Waals surface area (Å²) in [5.74, 6) is 2.73. The third-order valence-corrected chi connectivity index (χ3v) is 3.44. The molecular formula is C10H18N4OS. The second kappa shape index (κ2) is 6.42. The summed E-state index contributed by atoms with van der Waals surface area (Å²) in [5.41, 5.74) is 0.987. The van der Waals surface area contributed by atoms with Gasteiger partial charge >= 0.3 is 0 Å². The first-order valence-corrected chi connectivity index (χ1v) is 6.76. The van der Waals surface area contributed by atoms with Crippen LogP contribution in [-0.4, -0.2) is 39.3 Å². The van der Waals surface area contributed by atoms with Crippen LogP contribution in [0.5, 0.6) is 0 Å². The molecule has 0 aliphatic carbocycles. The average molecular weight is 242 g/mol. The average Bonchev–Trinajstić information content (AvgIpc) is 2.31. The number of anilines is 2. The van der Waals surface area contributed by atoms with Crippen LogP contribution in [0.3, 0.4) is 0 Å². The Morgan fingerprint density at radius 1 is 1.50 bits per heavy atom. The third-order valence-electron chi connectivity index (χ3n) is 2.14. The summed E-state index contributed by atoms with van der Waals surface area (Å²) in [7, 11) is 1.04. The van der Waals surface area contributed by atoms with Gasteiger partial charge in [0.15, 0.2) is 0 Å². The molecule has 1 aromatic heterocycles. The third kappa shape index (κ3) is 3.77. The van der Waals surface area contributed by atoms with Gasteiger partial charge in [-0.1, -0.05) is 6.92 Å². The number of nitrogens with zero attached hydrogens (tertiary/aromatic N) is 2. The normalized spacial score (nSPS) is 12.2. The molecule has 1 atom stereocenters. The van der Waals surface area contributed by atoms with Gasteiger partial charge in [-0.25, -0.2) is 4.98 Å². The zero-order chi connectivity index (χ0) is 12.0. The molecule has 1 heterocycles. The minimum atomic E-state index is -0.736. The molecule has 0 radical (unpaired) electrons. The molecule has 6 heteroatoms. The van der Waals surface area contributed by atoms with Gasteiger partial charge in [-0.2, -0.15) is 4.98 Å². The van der Waals surface area contributed by atoms with E-state index in [1.165, 1.54) is 0 Å². The van der Waals surface area contributed by atoms with Crippen molar-refractivity contribution in [1.82, 2.24) is 9.97 Å². The van der Waals surface area contributed by atoms with Crippen molar-refractivity contribution >= 4 is 22.6 Å². The van der Waals surface area contributed by atoms with Crippen molar-refractivity contribution in [2.75, 3.05) is 35.7 Å². The van der Waals surface area contributed by atoms with E-state index in [2.05, 4.69) is 20.6 Å². The predicted molar refractivity (Wildman–Crippen MR) is 68.4 cm³/mol. The molecule has 1 unspecified atom stereocenters. The van der Waals surface area contributed by atoms with Crippen LogP contribution in [0.25, 0.3) is 0 Å². The molecule has 0 bridgehead atoms. The summed E-state index contributed by atoms with van der Waals surface area (Å²) in [6.07, 6.45) is 1.76. The molecule has 0 aliphatic heterocycles. The van der Waals surface area contributed by atoms with Gasteiger partial charge in [0.1, 0.15) is 5.82 Å². The molecule has 1 aromatic rings. The van der Waals surface area contributed by atoms with Crippen molar-refractivity contribution in [2.45, 2.75) is 13.8 Å². The summed E-state index contributed by atoms with van der Waals surface area (Å²) < 4.78 is 11.2. The Kier molecular flexibility index (Phi) is 5.18. The molecule has 0 aliphatic rings. The van der Waals surface area contributed by atoms with E-state index in [-0.39, 0.29) is 0 Å². The lowest BCUT2D eigenvalue weighted by molar-refractivity contribution is 0.684. The summed E-state index contributed by atoms with van der Waals surface area (Å²) >= 11 is 0. The van der Waals surface area contributed by atoms with Crippen molar-refractivity contribution < 1.29 is 4.21 Å². The van der Waals surface area contributed by atoms with Crippen molar-refractivity contribution in [3.63, 3.8) is 0 Å². The molecule has 16 heavy (non-hydrogen) atoms. The molecular weight excluding hydrogens is 224 g/mol. The molecule has 5 nitrogen and oxygen atoms in total. The van der Waals surface area contributed by atoms with Crippen LogP contribution in [0.1, 0.15) is 12.5 Å². The molecule has 0 amide bonds. The van der Waals surface area contributed by atoms with Gasteiger partial charge in [0.2, 0.25) is 5.95 Å². The zero-order valence-electron chi connectivity index (χ0n) is 9.91. The lowest BCUT2D eigenvalue weighted by Crippen LogP contribution is -2.14. The minimum absolute atomic E-state index is 0.588. The first-order chi connectivity index (χ1) is 7.67. The number of nitrogens with one attached hydrogen (secondary N) is 2. The lowest BCUT2D eigenvalue weighted by Gasteiger charge is -2.09. The Hall–Kier alpha value is -1.17. The smallest absolute Gasteiger partial charge is 0.224 e. The summed E-state index contributed by atoms with van der Waals surface area (Å²) in [6, 6.07) is 0. The molecule has 0 saturated carbocycles. The minimum Gasteiger partial charge on any atom is -0.369 e. The second-order valence-electron chi connectivity index (χ2n) is 3.33. The molecule has 0 fully saturated rings. The van der Waals surface area contributed by atoms with Gasteiger partial charge in [0.05, 0.1) is 0 Å². The van der Waals surface area contributed by atoms with E-state index in [4.69, 9.17) is 0 Å². The van der Waals surface area contributed by atoms with Crippen LogP contribution in [0.4, 0.5) is 11.8 Å². The highest BCUT2D eigenvalue weighted by atomic mass is 32.2. The zero-order valence-corrected chi connectivity index (χ0v) is 10.7. The van der Waals surface area contributed by atoms with Crippen LogP contribution in [0.2, 0.25) is 0 Å². The van der Waals surface area contributed by atoms with Gasteiger partial charge < -0.3 is 10.6 Å². The number of aromatic nitrogens is 2. The monoisotopic (exact) mass is 242 g/mol. The van der Waals surface area contributed by atoms with E-state index in [9.17, 15) is 4.21 Å². The number of rotatable bonds is 6. The van der Waals surface area contributed by atoms with E-state index in [1.807, 2.05) is 13.8 Å². The Bertz CT molecular complexity index is 370. The van der Waals surface area contributed by atoms with Crippen LogP contribution in [-0.2, 0) is 10.8 Å². The first-order valence-electron chi connectivity index (χ1n) is 5.27. The standard InChI is InChI=1S/C10H18N4OS/c1-4-16(15)6-5-12-9-8(2)7-13-10(11-3)14-9/h7H,4-6H2,1-3H3,(H2,11,12,13,14). The maximum atomic E-state index is 11.2. The van der Waals surface area contributed by atoms with Crippen LogP contribution >= 0.6 is 0 Å². The summed E-state index contributed by atoms with van der Waals surface area (Å²) in [5, 5.41) is 6.05. The quantitative estimate of drug-likeness (QED) is 0.779. The van der Waals surface area contributed by atoms with E-state index in [0.29, 0.717) is 24.0 Å². The number of hydrogen-bond acceptors (Lipinski definition) is 5. The lowest BCUT2D eigenvalue weighted by atomic mass is 10.3.